The number of alkyl halides is 3. The van der Waals surface area contributed by atoms with Crippen LogP contribution in [0.3, 0.4) is 0 Å². The van der Waals surface area contributed by atoms with Gasteiger partial charge in [-0.3, -0.25) is 9.59 Å². The number of carboxylic acids is 2. The van der Waals surface area contributed by atoms with E-state index in [0.717, 1.165) is 0 Å². The third-order valence-corrected chi connectivity index (χ3v) is 3.69. The van der Waals surface area contributed by atoms with Gasteiger partial charge in [0.2, 0.25) is 0 Å². The molecule has 0 radical (unpaired) electrons. The lowest BCUT2D eigenvalue weighted by Crippen LogP contribution is -2.30. The minimum Gasteiger partial charge on any atom is -0.480 e. The van der Waals surface area contributed by atoms with Gasteiger partial charge in [-0.1, -0.05) is 0 Å². The fraction of sp³-hybridized carbons (Fsp3) is 0.800. The Morgan fingerprint density at radius 2 is 1.68 bits per heavy atom. The van der Waals surface area contributed by atoms with Crippen LogP contribution in [-0.2, 0) is 9.59 Å². The first-order chi connectivity index (χ1) is 8.71. The van der Waals surface area contributed by atoms with E-state index in [0.29, 0.717) is 19.5 Å². The third kappa shape index (κ3) is 5.71. The van der Waals surface area contributed by atoms with Gasteiger partial charge >= 0.3 is 11.9 Å². The summed E-state index contributed by atoms with van der Waals surface area (Å²) in [5.74, 6) is -1.71. The van der Waals surface area contributed by atoms with Crippen molar-refractivity contribution in [2.75, 3.05) is 13.1 Å². The molecule has 1 unspecified atom stereocenters. The van der Waals surface area contributed by atoms with Crippen molar-refractivity contribution in [3.05, 3.63) is 0 Å². The van der Waals surface area contributed by atoms with Crippen LogP contribution in [0.2, 0.25) is 0 Å². The standard InChI is InChI=1S/C5H7Cl2NO2.C5H8ClNO2/c6-5(7)1-3(4(9)10)8-2-5;6-3-1-4(5(8)9)7-2-3/h3,8H,1-2H2,(H,9,10);3-4,7H,1-2H2,(H,8,9)/t3-;3?,4-/m00/s1. The van der Waals surface area contributed by atoms with Crippen molar-refractivity contribution in [1.82, 2.24) is 10.6 Å². The maximum absolute atomic E-state index is 10.3. The number of hydrogen-bond donors (Lipinski definition) is 4. The highest BCUT2D eigenvalue weighted by atomic mass is 35.5. The van der Waals surface area contributed by atoms with E-state index in [-0.39, 0.29) is 11.8 Å². The lowest BCUT2D eigenvalue weighted by atomic mass is 10.2. The minimum absolute atomic E-state index is 0.00824. The van der Waals surface area contributed by atoms with E-state index < -0.39 is 28.4 Å². The molecular formula is C10H15Cl3N2O4. The minimum atomic E-state index is -0.900. The fourth-order valence-electron chi connectivity index (χ4n) is 1.77. The number of halogens is 3. The Morgan fingerprint density at radius 1 is 1.11 bits per heavy atom. The Bertz CT molecular complexity index is 354. The molecule has 0 bridgehead atoms. The number of aliphatic carboxylic acids is 2. The molecule has 0 aliphatic carbocycles. The predicted octanol–water partition coefficient (Wildman–Crippen LogP) is 0.647. The Kier molecular flexibility index (Phi) is 6.14. The molecule has 2 fully saturated rings. The van der Waals surface area contributed by atoms with Crippen molar-refractivity contribution in [2.45, 2.75) is 34.6 Å². The Morgan fingerprint density at radius 3 is 1.89 bits per heavy atom. The van der Waals surface area contributed by atoms with E-state index in [2.05, 4.69) is 10.6 Å². The number of carboxylic acid groups (broad SMARTS) is 2. The second-order valence-electron chi connectivity index (χ2n) is 4.46. The summed E-state index contributed by atoms with van der Waals surface area (Å²) in [4.78, 5) is 20.5. The molecule has 2 aliphatic heterocycles. The first-order valence-electron chi connectivity index (χ1n) is 5.65. The van der Waals surface area contributed by atoms with Crippen LogP contribution in [0, 0.1) is 0 Å². The van der Waals surface area contributed by atoms with E-state index >= 15 is 0 Å². The average Bonchev–Trinajstić information content (AvgIpc) is 2.85. The number of rotatable bonds is 2. The van der Waals surface area contributed by atoms with Gasteiger partial charge in [-0.2, -0.15) is 0 Å². The molecule has 4 N–H and O–H groups in total. The van der Waals surface area contributed by atoms with Crippen molar-refractivity contribution in [1.29, 1.82) is 0 Å². The summed E-state index contributed by atoms with van der Waals surface area (Å²) in [6.07, 6.45) is 0.808. The summed E-state index contributed by atoms with van der Waals surface area (Å²) in [5, 5.41) is 22.3. The van der Waals surface area contributed by atoms with Crippen LogP contribution in [0.1, 0.15) is 12.8 Å². The van der Waals surface area contributed by atoms with Gasteiger partial charge < -0.3 is 20.8 Å². The highest BCUT2D eigenvalue weighted by Crippen LogP contribution is 2.30. The molecule has 0 aromatic rings. The molecular weight excluding hydrogens is 318 g/mol. The van der Waals surface area contributed by atoms with Crippen LogP contribution in [0.4, 0.5) is 0 Å². The normalized spacial score (nSPS) is 32.5. The molecule has 110 valence electrons. The monoisotopic (exact) mass is 332 g/mol. The highest BCUT2D eigenvalue weighted by Gasteiger charge is 2.38. The van der Waals surface area contributed by atoms with Crippen molar-refractivity contribution in [3.63, 3.8) is 0 Å². The zero-order valence-corrected chi connectivity index (χ0v) is 12.2. The maximum atomic E-state index is 10.3. The van der Waals surface area contributed by atoms with Crippen molar-refractivity contribution >= 4 is 46.7 Å². The third-order valence-electron chi connectivity index (χ3n) is 2.78. The van der Waals surface area contributed by atoms with Crippen LogP contribution < -0.4 is 10.6 Å². The SMILES string of the molecule is O=C(O)[C@@H]1CC(Cl)(Cl)CN1.O=C(O)[C@@H]1CC(Cl)CN1. The Labute approximate surface area is 125 Å². The second-order valence-corrected chi connectivity index (χ2v) is 6.72. The summed E-state index contributed by atoms with van der Waals surface area (Å²) in [5.41, 5.74) is 0. The quantitative estimate of drug-likeness (QED) is 0.554. The molecule has 2 rings (SSSR count). The summed E-state index contributed by atoms with van der Waals surface area (Å²) >= 11 is 16.9. The highest BCUT2D eigenvalue weighted by molar-refractivity contribution is 6.49. The Hall–Kier alpha value is -0.270. The second kappa shape index (κ2) is 6.95. The fourth-order valence-corrected chi connectivity index (χ4v) is 2.50. The smallest absolute Gasteiger partial charge is 0.320 e. The number of nitrogens with one attached hydrogen (secondary N) is 2. The molecule has 0 aromatic heterocycles. The molecule has 2 saturated heterocycles. The molecule has 2 heterocycles. The number of hydrogen-bond acceptors (Lipinski definition) is 4. The van der Waals surface area contributed by atoms with E-state index in [1.165, 1.54) is 0 Å². The van der Waals surface area contributed by atoms with Gasteiger partial charge in [0.05, 0.1) is 0 Å². The summed E-state index contributed by atoms with van der Waals surface area (Å²) < 4.78 is -0.900. The van der Waals surface area contributed by atoms with Crippen molar-refractivity contribution in [2.24, 2.45) is 0 Å². The predicted molar refractivity (Wildman–Crippen MR) is 72.2 cm³/mol. The van der Waals surface area contributed by atoms with E-state index in [1.54, 1.807) is 0 Å². The molecule has 9 heteroatoms. The average molecular weight is 334 g/mol. The lowest BCUT2D eigenvalue weighted by Gasteiger charge is -2.07. The largest absolute Gasteiger partial charge is 0.480 e. The van der Waals surface area contributed by atoms with E-state index in [4.69, 9.17) is 45.0 Å². The maximum Gasteiger partial charge on any atom is 0.320 e. The molecule has 6 nitrogen and oxygen atoms in total. The van der Waals surface area contributed by atoms with E-state index in [1.807, 2.05) is 0 Å². The topological polar surface area (TPSA) is 98.7 Å². The molecule has 3 atom stereocenters. The zero-order chi connectivity index (χ0) is 14.6. The van der Waals surface area contributed by atoms with Gasteiger partial charge in [-0.15, -0.1) is 34.8 Å². The lowest BCUT2D eigenvalue weighted by molar-refractivity contribution is -0.140. The molecule has 19 heavy (non-hydrogen) atoms. The van der Waals surface area contributed by atoms with E-state index in [9.17, 15) is 9.59 Å². The van der Waals surface area contributed by atoms with Crippen LogP contribution in [0.5, 0.6) is 0 Å². The van der Waals surface area contributed by atoms with Crippen LogP contribution in [0.25, 0.3) is 0 Å². The Balaban J connectivity index is 0.000000191. The van der Waals surface area contributed by atoms with Gasteiger partial charge in [0.1, 0.15) is 16.4 Å². The van der Waals surface area contributed by atoms with Gasteiger partial charge in [0.15, 0.2) is 0 Å². The van der Waals surface area contributed by atoms with Crippen molar-refractivity contribution in [3.8, 4) is 0 Å². The van der Waals surface area contributed by atoms with Gasteiger partial charge in [-0.25, -0.2) is 0 Å². The molecule has 0 saturated carbocycles. The van der Waals surface area contributed by atoms with Gasteiger partial charge in [0.25, 0.3) is 0 Å². The zero-order valence-electron chi connectivity index (χ0n) is 9.91. The molecule has 2 aliphatic rings. The van der Waals surface area contributed by atoms with Crippen LogP contribution in [0.15, 0.2) is 0 Å². The first-order valence-corrected chi connectivity index (χ1v) is 6.85. The van der Waals surface area contributed by atoms with Crippen molar-refractivity contribution < 1.29 is 19.8 Å². The van der Waals surface area contributed by atoms with Gasteiger partial charge in [-0.05, 0) is 6.42 Å². The summed E-state index contributed by atoms with van der Waals surface area (Å²) in [6.45, 7) is 0.950. The molecule has 0 aromatic carbocycles. The summed E-state index contributed by atoms with van der Waals surface area (Å²) in [7, 11) is 0. The first kappa shape index (κ1) is 16.8. The molecule has 0 amide bonds. The summed E-state index contributed by atoms with van der Waals surface area (Å²) in [6, 6.07) is -1.01. The molecule has 0 spiro atoms. The number of carbonyl (C=O) groups is 2. The van der Waals surface area contributed by atoms with Gasteiger partial charge in [0, 0.05) is 24.9 Å². The van der Waals surface area contributed by atoms with Crippen LogP contribution in [-0.4, -0.2) is 57.0 Å². The van der Waals surface area contributed by atoms with Crippen LogP contribution >= 0.6 is 34.8 Å².